The number of fused-ring (bicyclic) bond motifs is 4. The second-order valence-electron chi connectivity index (χ2n) is 9.06. The molecular formula is C27H24ClN3O4S2. The first-order chi connectivity index (χ1) is 18.0. The number of amides is 1. The number of carbonyl (C=O) groups is 1. The number of hydrogen-bond donors (Lipinski definition) is 1. The van der Waals surface area contributed by atoms with Crippen LogP contribution in [0, 0.1) is 6.92 Å². The van der Waals surface area contributed by atoms with Crippen molar-refractivity contribution in [2.24, 2.45) is 0 Å². The van der Waals surface area contributed by atoms with Crippen molar-refractivity contribution in [1.29, 1.82) is 0 Å². The monoisotopic (exact) mass is 553 g/mol. The summed E-state index contributed by atoms with van der Waals surface area (Å²) in [6.07, 6.45) is 4.09. The number of aromatic nitrogens is 2. The fourth-order valence-electron chi connectivity index (χ4n) is 4.77. The van der Waals surface area contributed by atoms with Crippen LogP contribution in [-0.2, 0) is 24.2 Å². The van der Waals surface area contributed by atoms with Gasteiger partial charge in [0, 0.05) is 16.4 Å². The molecule has 1 aliphatic carbocycles. The maximum atomic E-state index is 13.9. The summed E-state index contributed by atoms with van der Waals surface area (Å²) in [5, 5.41) is 4.71. The zero-order chi connectivity index (χ0) is 25.5. The van der Waals surface area contributed by atoms with E-state index in [0.717, 1.165) is 47.2 Å². The molecule has 2 aromatic heterocycles. The zero-order valence-corrected chi connectivity index (χ0v) is 22.5. The summed E-state index contributed by atoms with van der Waals surface area (Å²) < 4.78 is 12.4. The van der Waals surface area contributed by atoms with Crippen molar-refractivity contribution in [2.75, 3.05) is 12.5 Å². The van der Waals surface area contributed by atoms with Gasteiger partial charge in [0.25, 0.3) is 5.56 Å². The summed E-state index contributed by atoms with van der Waals surface area (Å²) in [7, 11) is 0. The molecule has 0 saturated heterocycles. The normalized spacial score (nSPS) is 14.1. The Morgan fingerprint density at radius 3 is 2.92 bits per heavy atom. The van der Waals surface area contributed by atoms with E-state index in [1.807, 2.05) is 37.3 Å². The molecule has 1 amide bonds. The maximum absolute atomic E-state index is 13.9. The number of halogens is 1. The third-order valence-electron chi connectivity index (χ3n) is 6.70. The van der Waals surface area contributed by atoms with Crippen LogP contribution in [0.3, 0.4) is 0 Å². The average molecular weight is 554 g/mol. The molecule has 1 N–H and O–H groups in total. The Bertz CT molecular complexity index is 1600. The summed E-state index contributed by atoms with van der Waals surface area (Å²) in [4.78, 5) is 33.6. The van der Waals surface area contributed by atoms with Gasteiger partial charge in [-0.3, -0.25) is 14.2 Å². The molecule has 0 radical (unpaired) electrons. The summed E-state index contributed by atoms with van der Waals surface area (Å²) in [5.41, 5.74) is 3.43. The molecule has 190 valence electrons. The van der Waals surface area contributed by atoms with Crippen molar-refractivity contribution in [1.82, 2.24) is 14.9 Å². The molecule has 37 heavy (non-hydrogen) atoms. The van der Waals surface area contributed by atoms with Crippen molar-refractivity contribution in [3.8, 4) is 17.2 Å². The fourth-order valence-corrected chi connectivity index (χ4v) is 7.07. The summed E-state index contributed by atoms with van der Waals surface area (Å²) in [6, 6.07) is 11.1. The third kappa shape index (κ3) is 4.60. The number of thiophene rings is 1. The highest BCUT2D eigenvalue weighted by atomic mass is 35.5. The Balaban J connectivity index is 1.30. The first-order valence-electron chi connectivity index (χ1n) is 12.1. The number of nitrogens with one attached hydrogen (secondary N) is 1. The predicted octanol–water partition coefficient (Wildman–Crippen LogP) is 5.43. The van der Waals surface area contributed by atoms with Gasteiger partial charge in [0.2, 0.25) is 12.7 Å². The minimum Gasteiger partial charge on any atom is -0.454 e. The lowest BCUT2D eigenvalue weighted by atomic mass is 9.97. The molecule has 10 heteroatoms. The largest absolute Gasteiger partial charge is 0.454 e. The summed E-state index contributed by atoms with van der Waals surface area (Å²) in [5.74, 6) is 1.35. The van der Waals surface area contributed by atoms with Gasteiger partial charge in [0.05, 0.1) is 16.8 Å². The van der Waals surface area contributed by atoms with E-state index in [1.54, 1.807) is 22.0 Å². The van der Waals surface area contributed by atoms with E-state index in [9.17, 15) is 9.59 Å². The van der Waals surface area contributed by atoms with Crippen molar-refractivity contribution < 1.29 is 14.3 Å². The molecule has 6 rings (SSSR count). The SMILES string of the molecule is Cc1c(Cl)cccc1-n1c(SCC(=O)NCc2ccc3c(c2)OCO3)nc2sc3c(c2c1=O)CCCC3. The highest BCUT2D eigenvalue weighted by Gasteiger charge is 2.24. The Morgan fingerprint density at radius 1 is 1.19 bits per heavy atom. The van der Waals surface area contributed by atoms with E-state index in [0.29, 0.717) is 39.3 Å². The van der Waals surface area contributed by atoms with E-state index < -0.39 is 0 Å². The van der Waals surface area contributed by atoms with E-state index in [2.05, 4.69) is 5.32 Å². The summed E-state index contributed by atoms with van der Waals surface area (Å²) >= 11 is 9.28. The van der Waals surface area contributed by atoms with Gasteiger partial charge in [0.15, 0.2) is 16.7 Å². The molecule has 0 saturated carbocycles. The molecule has 0 bridgehead atoms. The molecule has 0 spiro atoms. The number of nitrogens with zero attached hydrogens (tertiary/aromatic N) is 2. The van der Waals surface area contributed by atoms with Gasteiger partial charge in [-0.05, 0) is 73.6 Å². The minimum atomic E-state index is -0.156. The number of benzene rings is 2. The molecule has 2 aromatic carbocycles. The number of thioether (sulfide) groups is 1. The lowest BCUT2D eigenvalue weighted by Crippen LogP contribution is -2.26. The molecule has 0 unspecified atom stereocenters. The molecule has 0 atom stereocenters. The molecule has 1 aliphatic heterocycles. The Hall–Kier alpha value is -3.01. The van der Waals surface area contributed by atoms with Gasteiger partial charge in [-0.25, -0.2) is 4.98 Å². The number of aryl methyl sites for hydroxylation is 2. The first kappa shape index (κ1) is 24.3. The van der Waals surface area contributed by atoms with Gasteiger partial charge in [-0.2, -0.15) is 0 Å². The van der Waals surface area contributed by atoms with Crippen LogP contribution in [0.1, 0.15) is 34.4 Å². The van der Waals surface area contributed by atoms with Gasteiger partial charge >= 0.3 is 0 Å². The Labute approximate surface area is 226 Å². The van der Waals surface area contributed by atoms with Crippen LogP contribution in [0.2, 0.25) is 5.02 Å². The van der Waals surface area contributed by atoms with E-state index in [1.165, 1.54) is 16.6 Å². The topological polar surface area (TPSA) is 82.5 Å². The highest BCUT2D eigenvalue weighted by Crippen LogP contribution is 2.36. The Morgan fingerprint density at radius 2 is 2.03 bits per heavy atom. The van der Waals surface area contributed by atoms with Crippen LogP contribution in [-0.4, -0.2) is 28.0 Å². The molecule has 3 heterocycles. The zero-order valence-electron chi connectivity index (χ0n) is 20.1. The first-order valence-corrected chi connectivity index (χ1v) is 14.3. The number of rotatable bonds is 6. The smallest absolute Gasteiger partial charge is 0.267 e. The molecule has 7 nitrogen and oxygen atoms in total. The van der Waals surface area contributed by atoms with Gasteiger partial charge in [-0.1, -0.05) is 35.5 Å². The second-order valence-corrected chi connectivity index (χ2v) is 11.5. The van der Waals surface area contributed by atoms with Crippen LogP contribution in [0.5, 0.6) is 11.5 Å². The Kier molecular flexibility index (Phi) is 6.60. The van der Waals surface area contributed by atoms with E-state index in [4.69, 9.17) is 26.1 Å². The lowest BCUT2D eigenvalue weighted by molar-refractivity contribution is -0.118. The summed E-state index contributed by atoms with van der Waals surface area (Å²) in [6.45, 7) is 2.46. The number of ether oxygens (including phenoxy) is 2. The fraction of sp³-hybridized carbons (Fsp3) is 0.296. The molecule has 4 aromatic rings. The van der Waals surface area contributed by atoms with Crippen molar-refractivity contribution in [3.05, 3.63) is 73.3 Å². The molecule has 2 aliphatic rings. The minimum absolute atomic E-state index is 0.0990. The number of carbonyl (C=O) groups excluding carboxylic acids is 1. The van der Waals surface area contributed by atoms with Crippen LogP contribution in [0.15, 0.2) is 46.3 Å². The second kappa shape index (κ2) is 10.0. The van der Waals surface area contributed by atoms with E-state index >= 15 is 0 Å². The third-order valence-corrected chi connectivity index (χ3v) is 9.23. The maximum Gasteiger partial charge on any atom is 0.267 e. The average Bonchev–Trinajstić information content (AvgIpc) is 3.52. The lowest BCUT2D eigenvalue weighted by Gasteiger charge is -2.16. The van der Waals surface area contributed by atoms with Crippen molar-refractivity contribution in [3.63, 3.8) is 0 Å². The van der Waals surface area contributed by atoms with Crippen LogP contribution in [0.4, 0.5) is 0 Å². The number of hydrogen-bond acceptors (Lipinski definition) is 7. The van der Waals surface area contributed by atoms with Crippen LogP contribution in [0.25, 0.3) is 15.9 Å². The van der Waals surface area contributed by atoms with Gasteiger partial charge in [0.1, 0.15) is 4.83 Å². The van der Waals surface area contributed by atoms with Crippen LogP contribution >= 0.6 is 34.7 Å². The van der Waals surface area contributed by atoms with Crippen molar-refractivity contribution in [2.45, 2.75) is 44.3 Å². The predicted molar refractivity (Wildman–Crippen MR) is 147 cm³/mol. The van der Waals surface area contributed by atoms with Crippen molar-refractivity contribution >= 4 is 50.8 Å². The van der Waals surface area contributed by atoms with Crippen LogP contribution < -0.4 is 20.3 Å². The molecular weight excluding hydrogens is 530 g/mol. The quantitative estimate of drug-likeness (QED) is 0.253. The van der Waals surface area contributed by atoms with Gasteiger partial charge < -0.3 is 14.8 Å². The molecule has 0 fully saturated rings. The van der Waals surface area contributed by atoms with Gasteiger partial charge in [-0.15, -0.1) is 11.3 Å². The highest BCUT2D eigenvalue weighted by molar-refractivity contribution is 7.99. The van der Waals surface area contributed by atoms with E-state index in [-0.39, 0.29) is 24.0 Å². The standard InChI is InChI=1S/C27H24ClN3O4S2/c1-15-18(28)6-4-7-19(15)31-26(33)24-17-5-2-3-8-22(17)37-25(24)30-27(31)36-13-23(32)29-12-16-9-10-20-21(11-16)35-14-34-20/h4,6-7,9-11H,2-3,5,8,12-14H2,1H3,(H,29,32).